The fourth-order valence-electron chi connectivity index (χ4n) is 2.52. The van der Waals surface area contributed by atoms with E-state index in [9.17, 15) is 0 Å². The van der Waals surface area contributed by atoms with E-state index in [-0.39, 0.29) is 0 Å². The fourth-order valence-corrected chi connectivity index (χ4v) is 2.52. The summed E-state index contributed by atoms with van der Waals surface area (Å²) in [4.78, 5) is 6.96. The molecule has 1 aromatic carbocycles. The highest BCUT2D eigenvalue weighted by atomic mass is 15.1. The van der Waals surface area contributed by atoms with Crippen molar-refractivity contribution in [2.75, 3.05) is 19.8 Å². The van der Waals surface area contributed by atoms with Gasteiger partial charge in [-0.15, -0.1) is 0 Å². The van der Waals surface area contributed by atoms with E-state index in [2.05, 4.69) is 48.6 Å². The summed E-state index contributed by atoms with van der Waals surface area (Å²) in [5, 5.41) is 0. The van der Waals surface area contributed by atoms with Crippen molar-refractivity contribution >= 4 is 11.3 Å². The van der Waals surface area contributed by atoms with Crippen molar-refractivity contribution in [2.45, 2.75) is 13.5 Å². The van der Waals surface area contributed by atoms with Crippen LogP contribution in [0.25, 0.3) is 16.9 Å². The van der Waals surface area contributed by atoms with E-state index in [1.54, 1.807) is 0 Å². The van der Waals surface area contributed by atoms with Crippen LogP contribution in [0.3, 0.4) is 0 Å². The monoisotopic (exact) mass is 280 g/mol. The van der Waals surface area contributed by atoms with Crippen molar-refractivity contribution in [1.82, 2.24) is 14.3 Å². The number of anilines is 1. The van der Waals surface area contributed by atoms with E-state index in [1.807, 2.05) is 24.3 Å². The minimum atomic E-state index is 0.771. The zero-order valence-corrected chi connectivity index (χ0v) is 12.7. The normalized spacial score (nSPS) is 11.4. The molecule has 0 saturated heterocycles. The smallest absolute Gasteiger partial charge is 0.137 e. The molecule has 108 valence electrons. The van der Waals surface area contributed by atoms with Crippen LogP contribution < -0.4 is 5.73 Å². The summed E-state index contributed by atoms with van der Waals surface area (Å²) in [6, 6.07) is 12.1. The minimum Gasteiger partial charge on any atom is -0.399 e. The number of hydrogen-bond acceptors (Lipinski definition) is 3. The lowest BCUT2D eigenvalue weighted by Crippen LogP contribution is -2.13. The van der Waals surface area contributed by atoms with Crippen molar-refractivity contribution in [2.24, 2.45) is 0 Å². The molecule has 4 heteroatoms. The molecular formula is C17H20N4. The number of nitrogens with zero attached hydrogens (tertiary/aromatic N) is 3. The van der Waals surface area contributed by atoms with Gasteiger partial charge in [-0.25, -0.2) is 4.98 Å². The van der Waals surface area contributed by atoms with Gasteiger partial charge in [-0.05, 0) is 44.8 Å². The average Bonchev–Trinajstić information content (AvgIpc) is 2.77. The molecule has 2 aromatic heterocycles. The molecule has 2 N–H and O–H groups in total. The predicted molar refractivity (Wildman–Crippen MR) is 87.2 cm³/mol. The maximum atomic E-state index is 5.78. The number of pyridine rings is 1. The Balaban J connectivity index is 2.22. The quantitative estimate of drug-likeness (QED) is 0.750. The maximum Gasteiger partial charge on any atom is 0.137 e. The van der Waals surface area contributed by atoms with Gasteiger partial charge < -0.3 is 15.0 Å². The van der Waals surface area contributed by atoms with Gasteiger partial charge in [0.15, 0.2) is 0 Å². The van der Waals surface area contributed by atoms with Crippen LogP contribution in [0, 0.1) is 6.92 Å². The fraction of sp³-hybridized carbons (Fsp3) is 0.235. The largest absolute Gasteiger partial charge is 0.399 e. The Kier molecular flexibility index (Phi) is 3.39. The van der Waals surface area contributed by atoms with E-state index >= 15 is 0 Å². The molecule has 0 spiro atoms. The molecular weight excluding hydrogens is 260 g/mol. The summed E-state index contributed by atoms with van der Waals surface area (Å²) in [7, 11) is 4.14. The van der Waals surface area contributed by atoms with Gasteiger partial charge in [-0.3, -0.25) is 0 Å². The summed E-state index contributed by atoms with van der Waals surface area (Å²) >= 11 is 0. The predicted octanol–water partition coefficient (Wildman–Crippen LogP) is 2.95. The topological polar surface area (TPSA) is 46.6 Å². The summed E-state index contributed by atoms with van der Waals surface area (Å²) in [6.45, 7) is 2.94. The van der Waals surface area contributed by atoms with Gasteiger partial charge in [0, 0.05) is 24.0 Å². The van der Waals surface area contributed by atoms with Crippen LogP contribution >= 0.6 is 0 Å². The Bertz CT molecular complexity index is 769. The van der Waals surface area contributed by atoms with Crippen LogP contribution in [-0.4, -0.2) is 28.4 Å². The Morgan fingerprint density at radius 1 is 1.10 bits per heavy atom. The highest BCUT2D eigenvalue weighted by Crippen LogP contribution is 2.26. The Labute approximate surface area is 124 Å². The standard InChI is InChI=1S/C17H20N4/c1-12-4-9-16-19-17(13-5-7-14(18)8-6-13)15(11-20(2)3)21(16)10-12/h4-10H,11,18H2,1-3H3. The van der Waals surface area contributed by atoms with Crippen molar-refractivity contribution in [3.8, 4) is 11.3 Å². The van der Waals surface area contributed by atoms with Gasteiger partial charge >= 0.3 is 0 Å². The van der Waals surface area contributed by atoms with Gasteiger partial charge in [0.2, 0.25) is 0 Å². The second-order valence-corrected chi connectivity index (χ2v) is 5.70. The van der Waals surface area contributed by atoms with Crippen LogP contribution in [0.15, 0.2) is 42.6 Å². The average molecular weight is 280 g/mol. The highest BCUT2D eigenvalue weighted by Gasteiger charge is 2.14. The van der Waals surface area contributed by atoms with E-state index in [1.165, 1.54) is 11.3 Å². The molecule has 0 saturated carbocycles. The van der Waals surface area contributed by atoms with Crippen molar-refractivity contribution < 1.29 is 0 Å². The third kappa shape index (κ3) is 2.62. The first kappa shape index (κ1) is 13.6. The summed E-state index contributed by atoms with van der Waals surface area (Å²) in [5.41, 5.74) is 12.1. The molecule has 3 rings (SSSR count). The van der Waals surface area contributed by atoms with E-state index in [0.29, 0.717) is 0 Å². The van der Waals surface area contributed by atoms with Gasteiger partial charge in [0.25, 0.3) is 0 Å². The number of aromatic nitrogens is 2. The summed E-state index contributed by atoms with van der Waals surface area (Å²) in [6.07, 6.45) is 2.14. The Hall–Kier alpha value is -2.33. The number of imidazole rings is 1. The van der Waals surface area contributed by atoms with Crippen LogP contribution in [0.1, 0.15) is 11.3 Å². The number of rotatable bonds is 3. The van der Waals surface area contributed by atoms with Gasteiger partial charge in [0.05, 0.1) is 11.4 Å². The van der Waals surface area contributed by atoms with Crippen LogP contribution in [0.5, 0.6) is 0 Å². The number of fused-ring (bicyclic) bond motifs is 1. The summed E-state index contributed by atoms with van der Waals surface area (Å²) in [5.74, 6) is 0. The lowest BCUT2D eigenvalue weighted by Gasteiger charge is -2.12. The zero-order chi connectivity index (χ0) is 15.0. The number of benzene rings is 1. The first-order valence-electron chi connectivity index (χ1n) is 7.03. The molecule has 0 aliphatic heterocycles. The van der Waals surface area contributed by atoms with Crippen molar-refractivity contribution in [1.29, 1.82) is 0 Å². The first-order valence-corrected chi connectivity index (χ1v) is 7.03. The molecule has 0 aliphatic rings. The SMILES string of the molecule is Cc1ccc2nc(-c3ccc(N)cc3)c(CN(C)C)n2c1. The molecule has 3 aromatic rings. The van der Waals surface area contributed by atoms with Gasteiger partial charge in [-0.2, -0.15) is 0 Å². The number of aryl methyl sites for hydroxylation is 1. The summed E-state index contributed by atoms with van der Waals surface area (Å²) < 4.78 is 2.18. The molecule has 0 radical (unpaired) electrons. The Morgan fingerprint density at radius 3 is 2.48 bits per heavy atom. The minimum absolute atomic E-state index is 0.771. The van der Waals surface area contributed by atoms with E-state index in [0.717, 1.165) is 29.1 Å². The molecule has 0 unspecified atom stereocenters. The van der Waals surface area contributed by atoms with Crippen molar-refractivity contribution in [3.63, 3.8) is 0 Å². The molecule has 0 aliphatic carbocycles. The van der Waals surface area contributed by atoms with Crippen LogP contribution in [0.4, 0.5) is 5.69 Å². The lowest BCUT2D eigenvalue weighted by atomic mass is 10.1. The molecule has 0 atom stereocenters. The number of nitrogens with two attached hydrogens (primary N) is 1. The maximum absolute atomic E-state index is 5.78. The molecule has 21 heavy (non-hydrogen) atoms. The first-order chi connectivity index (χ1) is 10.0. The van der Waals surface area contributed by atoms with E-state index in [4.69, 9.17) is 10.7 Å². The second kappa shape index (κ2) is 5.22. The van der Waals surface area contributed by atoms with E-state index < -0.39 is 0 Å². The lowest BCUT2D eigenvalue weighted by molar-refractivity contribution is 0.396. The zero-order valence-electron chi connectivity index (χ0n) is 12.7. The van der Waals surface area contributed by atoms with Gasteiger partial charge in [0.1, 0.15) is 5.65 Å². The second-order valence-electron chi connectivity index (χ2n) is 5.70. The number of hydrogen-bond donors (Lipinski definition) is 1. The molecule has 0 amide bonds. The van der Waals surface area contributed by atoms with Crippen molar-refractivity contribution in [3.05, 3.63) is 53.9 Å². The molecule has 2 heterocycles. The highest BCUT2D eigenvalue weighted by molar-refractivity contribution is 5.68. The van der Waals surface area contributed by atoms with Gasteiger partial charge in [-0.1, -0.05) is 18.2 Å². The molecule has 0 bridgehead atoms. The molecule has 0 fully saturated rings. The Morgan fingerprint density at radius 2 is 1.81 bits per heavy atom. The number of nitrogen functional groups attached to an aromatic ring is 1. The third-order valence-electron chi connectivity index (χ3n) is 3.52. The van der Waals surface area contributed by atoms with Crippen LogP contribution in [0.2, 0.25) is 0 Å². The molecule has 4 nitrogen and oxygen atoms in total. The van der Waals surface area contributed by atoms with Crippen LogP contribution in [-0.2, 0) is 6.54 Å². The third-order valence-corrected chi connectivity index (χ3v) is 3.52.